The lowest BCUT2D eigenvalue weighted by molar-refractivity contribution is -0.133. The second kappa shape index (κ2) is 6.73. The molecule has 1 aliphatic heterocycles. The van der Waals surface area contributed by atoms with Gasteiger partial charge in [0.15, 0.2) is 0 Å². The summed E-state index contributed by atoms with van der Waals surface area (Å²) in [5.74, 6) is 1.46. The van der Waals surface area contributed by atoms with Gasteiger partial charge in [0.25, 0.3) is 0 Å². The smallest absolute Gasteiger partial charge is 0.222 e. The fourth-order valence-corrected chi connectivity index (χ4v) is 3.59. The molecule has 1 saturated heterocycles. The highest BCUT2D eigenvalue weighted by atomic mass is 16.2. The normalized spacial score (nSPS) is 17.6. The molecule has 1 fully saturated rings. The second-order valence-electron chi connectivity index (χ2n) is 7.32. The Balaban J connectivity index is 1.59. The number of amides is 1. The summed E-state index contributed by atoms with van der Waals surface area (Å²) in [6, 6.07) is 4.40. The molecule has 4 nitrogen and oxygen atoms in total. The van der Waals surface area contributed by atoms with Gasteiger partial charge in [-0.2, -0.15) is 5.10 Å². The first kappa shape index (κ1) is 16.0. The summed E-state index contributed by atoms with van der Waals surface area (Å²) in [5, 5.41) is 8.30. The van der Waals surface area contributed by atoms with Gasteiger partial charge in [0.05, 0.1) is 11.7 Å². The Morgan fingerprint density at radius 2 is 2.13 bits per heavy atom. The molecule has 0 spiro atoms. The van der Waals surface area contributed by atoms with E-state index in [1.165, 1.54) is 11.1 Å². The predicted molar refractivity (Wildman–Crippen MR) is 93.3 cm³/mol. The summed E-state index contributed by atoms with van der Waals surface area (Å²) in [6.07, 6.45) is 5.76. The standard InChI is InChI=1S/C19H27N3O/c1-13-4-6-22(7-5-13)18(23)9-14(2)8-16-10-15(3)19-17(11-16)12-20-21-19/h10-14H,4-9H2,1-3H3,(H,20,21). The lowest BCUT2D eigenvalue weighted by Crippen LogP contribution is -2.38. The number of nitrogens with one attached hydrogen (secondary N) is 1. The van der Waals surface area contributed by atoms with Gasteiger partial charge in [0.2, 0.25) is 5.91 Å². The molecule has 2 heterocycles. The Morgan fingerprint density at radius 1 is 1.39 bits per heavy atom. The average molecular weight is 313 g/mol. The van der Waals surface area contributed by atoms with Crippen LogP contribution >= 0.6 is 0 Å². The fourth-order valence-electron chi connectivity index (χ4n) is 3.59. The topological polar surface area (TPSA) is 49.0 Å². The van der Waals surface area contributed by atoms with Gasteiger partial charge < -0.3 is 4.90 Å². The maximum Gasteiger partial charge on any atom is 0.222 e. The second-order valence-corrected chi connectivity index (χ2v) is 7.32. The number of benzene rings is 1. The van der Waals surface area contributed by atoms with Crippen molar-refractivity contribution in [1.29, 1.82) is 0 Å². The largest absolute Gasteiger partial charge is 0.343 e. The highest BCUT2D eigenvalue weighted by Gasteiger charge is 2.21. The van der Waals surface area contributed by atoms with Gasteiger partial charge in [-0.1, -0.05) is 19.9 Å². The zero-order valence-electron chi connectivity index (χ0n) is 14.4. The molecule has 1 aromatic carbocycles. The summed E-state index contributed by atoms with van der Waals surface area (Å²) in [7, 11) is 0. The molecule has 1 atom stereocenters. The van der Waals surface area contributed by atoms with Gasteiger partial charge in [-0.3, -0.25) is 9.89 Å². The minimum atomic E-state index is 0.325. The number of H-pyrrole nitrogens is 1. The first-order valence-electron chi connectivity index (χ1n) is 8.73. The highest BCUT2D eigenvalue weighted by molar-refractivity contribution is 5.82. The molecule has 1 N–H and O–H groups in total. The molecule has 3 rings (SSSR count). The van der Waals surface area contributed by atoms with E-state index in [2.05, 4.69) is 48.0 Å². The number of carbonyl (C=O) groups excluding carboxylic acids is 1. The Labute approximate surface area is 138 Å². The molecule has 1 aliphatic rings. The molecule has 0 bridgehead atoms. The van der Waals surface area contributed by atoms with Crippen molar-refractivity contribution >= 4 is 16.8 Å². The summed E-state index contributed by atoms with van der Waals surface area (Å²) >= 11 is 0. The van der Waals surface area contributed by atoms with Gasteiger partial charge in [-0.15, -0.1) is 0 Å². The Morgan fingerprint density at radius 3 is 2.87 bits per heavy atom. The molecule has 1 unspecified atom stereocenters. The zero-order chi connectivity index (χ0) is 16.4. The number of rotatable bonds is 4. The summed E-state index contributed by atoms with van der Waals surface area (Å²) in [5.41, 5.74) is 3.63. The Bertz CT molecular complexity index is 683. The molecule has 1 amide bonds. The number of hydrogen-bond donors (Lipinski definition) is 1. The molecule has 4 heteroatoms. The van der Waals surface area contributed by atoms with Crippen molar-refractivity contribution < 1.29 is 4.79 Å². The maximum absolute atomic E-state index is 12.5. The molecule has 2 aromatic rings. The number of aromatic nitrogens is 2. The van der Waals surface area contributed by atoms with E-state index in [0.717, 1.165) is 49.2 Å². The summed E-state index contributed by atoms with van der Waals surface area (Å²) < 4.78 is 0. The van der Waals surface area contributed by atoms with Crippen LogP contribution in [-0.2, 0) is 11.2 Å². The first-order chi connectivity index (χ1) is 11.0. The van der Waals surface area contributed by atoms with Crippen LogP contribution in [0.25, 0.3) is 10.9 Å². The SMILES string of the molecule is Cc1cc(CC(C)CC(=O)N2CCC(C)CC2)cc2cn[nH]c12. The Hall–Kier alpha value is -1.84. The molecule has 0 radical (unpaired) electrons. The zero-order valence-corrected chi connectivity index (χ0v) is 14.4. The van der Waals surface area contributed by atoms with Crippen molar-refractivity contribution in [2.24, 2.45) is 11.8 Å². The van der Waals surface area contributed by atoms with Crippen LogP contribution in [0.2, 0.25) is 0 Å². The van der Waals surface area contributed by atoms with E-state index in [1.807, 2.05) is 6.20 Å². The van der Waals surface area contributed by atoms with Crippen LogP contribution in [0.5, 0.6) is 0 Å². The number of piperidine rings is 1. The van der Waals surface area contributed by atoms with Gasteiger partial charge in [-0.05, 0) is 55.2 Å². The van der Waals surface area contributed by atoms with E-state index in [1.54, 1.807) is 0 Å². The van der Waals surface area contributed by atoms with Gasteiger partial charge in [0, 0.05) is 24.9 Å². The van der Waals surface area contributed by atoms with Gasteiger partial charge >= 0.3 is 0 Å². The first-order valence-corrected chi connectivity index (χ1v) is 8.73. The summed E-state index contributed by atoms with van der Waals surface area (Å²) in [6.45, 7) is 8.44. The molecular weight excluding hydrogens is 286 g/mol. The van der Waals surface area contributed by atoms with Crippen LogP contribution in [0.1, 0.15) is 44.2 Å². The monoisotopic (exact) mass is 313 g/mol. The van der Waals surface area contributed by atoms with E-state index in [-0.39, 0.29) is 0 Å². The lowest BCUT2D eigenvalue weighted by atomic mass is 9.94. The molecule has 0 saturated carbocycles. The Kier molecular flexibility index (Phi) is 4.69. The van der Waals surface area contributed by atoms with E-state index in [9.17, 15) is 4.79 Å². The minimum Gasteiger partial charge on any atom is -0.343 e. The number of aryl methyl sites for hydroxylation is 1. The van der Waals surface area contributed by atoms with Crippen LogP contribution in [0.15, 0.2) is 18.3 Å². The van der Waals surface area contributed by atoms with Crippen LogP contribution in [0, 0.1) is 18.8 Å². The number of likely N-dealkylation sites (tertiary alicyclic amines) is 1. The third kappa shape index (κ3) is 3.74. The van der Waals surface area contributed by atoms with Crippen molar-refractivity contribution in [3.63, 3.8) is 0 Å². The van der Waals surface area contributed by atoms with Crippen molar-refractivity contribution in [1.82, 2.24) is 15.1 Å². The van der Waals surface area contributed by atoms with Crippen LogP contribution in [0.4, 0.5) is 0 Å². The molecule has 124 valence electrons. The van der Waals surface area contributed by atoms with Crippen molar-refractivity contribution in [2.75, 3.05) is 13.1 Å². The van der Waals surface area contributed by atoms with E-state index >= 15 is 0 Å². The number of hydrogen-bond acceptors (Lipinski definition) is 2. The van der Waals surface area contributed by atoms with Crippen LogP contribution in [-0.4, -0.2) is 34.1 Å². The van der Waals surface area contributed by atoms with Crippen molar-refractivity contribution in [3.05, 3.63) is 29.5 Å². The predicted octanol–water partition coefficient (Wildman–Crippen LogP) is 3.70. The molecule has 1 aromatic heterocycles. The van der Waals surface area contributed by atoms with Crippen LogP contribution in [0.3, 0.4) is 0 Å². The molecular formula is C19H27N3O. The van der Waals surface area contributed by atoms with E-state index in [4.69, 9.17) is 0 Å². The number of nitrogens with zero attached hydrogens (tertiary/aromatic N) is 2. The lowest BCUT2D eigenvalue weighted by Gasteiger charge is -2.31. The third-order valence-electron chi connectivity index (χ3n) is 5.05. The average Bonchev–Trinajstić information content (AvgIpc) is 2.96. The van der Waals surface area contributed by atoms with Crippen molar-refractivity contribution in [3.8, 4) is 0 Å². The highest BCUT2D eigenvalue weighted by Crippen LogP contribution is 2.22. The van der Waals surface area contributed by atoms with E-state index < -0.39 is 0 Å². The molecule has 23 heavy (non-hydrogen) atoms. The van der Waals surface area contributed by atoms with Gasteiger partial charge in [0.1, 0.15) is 0 Å². The number of fused-ring (bicyclic) bond motifs is 1. The quantitative estimate of drug-likeness (QED) is 0.935. The van der Waals surface area contributed by atoms with Gasteiger partial charge in [-0.25, -0.2) is 0 Å². The summed E-state index contributed by atoms with van der Waals surface area (Å²) in [4.78, 5) is 14.5. The number of carbonyl (C=O) groups is 1. The van der Waals surface area contributed by atoms with Crippen LogP contribution < -0.4 is 0 Å². The molecule has 0 aliphatic carbocycles. The van der Waals surface area contributed by atoms with Crippen molar-refractivity contribution in [2.45, 2.75) is 46.5 Å². The number of aromatic amines is 1. The minimum absolute atomic E-state index is 0.325. The van der Waals surface area contributed by atoms with E-state index in [0.29, 0.717) is 18.2 Å². The fraction of sp³-hybridized carbons (Fsp3) is 0.579. The third-order valence-corrected chi connectivity index (χ3v) is 5.05. The maximum atomic E-state index is 12.5.